The summed E-state index contributed by atoms with van der Waals surface area (Å²) in [6.45, 7) is 6.03. The number of nitrogens with one attached hydrogen (secondary N) is 1. The molecule has 1 atom stereocenters. The molecule has 8 nitrogen and oxygen atoms in total. The van der Waals surface area contributed by atoms with Crippen molar-refractivity contribution in [3.05, 3.63) is 54.1 Å². The van der Waals surface area contributed by atoms with Gasteiger partial charge in [-0.2, -0.15) is 0 Å². The van der Waals surface area contributed by atoms with Crippen molar-refractivity contribution in [1.82, 2.24) is 25.2 Å². The minimum atomic E-state index is -0.739. The van der Waals surface area contributed by atoms with E-state index in [0.717, 1.165) is 35.9 Å². The third-order valence-corrected chi connectivity index (χ3v) is 6.24. The van der Waals surface area contributed by atoms with E-state index < -0.39 is 6.04 Å². The van der Waals surface area contributed by atoms with Crippen molar-refractivity contribution >= 4 is 22.8 Å². The number of fused-ring (bicyclic) bond motifs is 1. The molecule has 0 radical (unpaired) electrons. The molecule has 2 amide bonds. The Morgan fingerprint density at radius 2 is 1.88 bits per heavy atom. The van der Waals surface area contributed by atoms with Crippen LogP contribution < -0.4 is 10.1 Å². The first-order valence-corrected chi connectivity index (χ1v) is 11.4. The van der Waals surface area contributed by atoms with E-state index in [0.29, 0.717) is 5.75 Å². The summed E-state index contributed by atoms with van der Waals surface area (Å²) in [6, 6.07) is 14.2. The Kier molecular flexibility index (Phi) is 6.35. The molecule has 0 bridgehead atoms. The highest BCUT2D eigenvalue weighted by molar-refractivity contribution is 5.90. The molecule has 174 valence electrons. The van der Waals surface area contributed by atoms with Crippen LogP contribution in [-0.4, -0.2) is 50.4 Å². The zero-order chi connectivity index (χ0) is 23.6. The number of hydrogen-bond donors (Lipinski definition) is 1. The lowest BCUT2D eigenvalue weighted by molar-refractivity contribution is -0.143. The van der Waals surface area contributed by atoms with Crippen LogP contribution in [0.5, 0.6) is 5.75 Å². The van der Waals surface area contributed by atoms with Crippen LogP contribution in [0.2, 0.25) is 0 Å². The van der Waals surface area contributed by atoms with Gasteiger partial charge in [0.15, 0.2) is 0 Å². The van der Waals surface area contributed by atoms with Crippen molar-refractivity contribution in [2.45, 2.75) is 64.2 Å². The van der Waals surface area contributed by atoms with Crippen LogP contribution in [0.25, 0.3) is 11.0 Å². The Labute approximate surface area is 193 Å². The van der Waals surface area contributed by atoms with Crippen LogP contribution in [0, 0.1) is 0 Å². The first-order chi connectivity index (χ1) is 15.8. The van der Waals surface area contributed by atoms with Crippen LogP contribution in [0.4, 0.5) is 0 Å². The summed E-state index contributed by atoms with van der Waals surface area (Å²) >= 11 is 0. The molecule has 8 heteroatoms. The Balaban J connectivity index is 1.68. The van der Waals surface area contributed by atoms with Crippen molar-refractivity contribution in [2.75, 3.05) is 7.11 Å². The van der Waals surface area contributed by atoms with E-state index in [-0.39, 0.29) is 29.9 Å². The predicted octanol–water partition coefficient (Wildman–Crippen LogP) is 3.48. The maximum Gasteiger partial charge on any atom is 0.247 e. The number of nitrogens with zero attached hydrogens (tertiary/aromatic N) is 4. The third kappa shape index (κ3) is 4.99. The number of carbonyl (C=O) groups is 2. The number of benzene rings is 2. The highest BCUT2D eigenvalue weighted by Gasteiger charge is 2.42. The van der Waals surface area contributed by atoms with E-state index in [1.54, 1.807) is 16.7 Å². The third-order valence-electron chi connectivity index (χ3n) is 6.24. The van der Waals surface area contributed by atoms with E-state index in [9.17, 15) is 9.59 Å². The lowest BCUT2D eigenvalue weighted by atomic mass is 9.98. The molecular weight excluding hydrogens is 418 g/mol. The molecule has 0 saturated heterocycles. The summed E-state index contributed by atoms with van der Waals surface area (Å²) in [6.07, 6.45) is 2.53. The first kappa shape index (κ1) is 22.8. The Hall–Kier alpha value is -3.42. The zero-order valence-corrected chi connectivity index (χ0v) is 19.6. The van der Waals surface area contributed by atoms with Gasteiger partial charge in [0.1, 0.15) is 23.9 Å². The van der Waals surface area contributed by atoms with Crippen molar-refractivity contribution < 1.29 is 14.3 Å². The molecule has 33 heavy (non-hydrogen) atoms. The second-order valence-electron chi connectivity index (χ2n) is 9.17. The number of hydrogen-bond acceptors (Lipinski definition) is 5. The molecule has 1 aromatic heterocycles. The van der Waals surface area contributed by atoms with Crippen LogP contribution in [0.3, 0.4) is 0 Å². The summed E-state index contributed by atoms with van der Waals surface area (Å²) in [4.78, 5) is 29.0. The largest absolute Gasteiger partial charge is 0.497 e. The van der Waals surface area contributed by atoms with Gasteiger partial charge in [0.25, 0.3) is 0 Å². The van der Waals surface area contributed by atoms with Crippen LogP contribution in [0.1, 0.15) is 51.6 Å². The van der Waals surface area contributed by atoms with Crippen LogP contribution in [0.15, 0.2) is 48.5 Å². The van der Waals surface area contributed by atoms with E-state index in [1.807, 2.05) is 69.3 Å². The molecule has 1 N–H and O–H groups in total. The van der Waals surface area contributed by atoms with Crippen molar-refractivity contribution in [1.29, 1.82) is 0 Å². The standard InChI is InChI=1S/C25H31N5O3/c1-5-25(2,3)26-24(32)23(17-10-14-19(33-4)15-11-17)30(18-12-13-18)22(31)16-29-21-9-7-6-8-20(21)27-28-29/h6-11,14-15,18,23H,5,12-13,16H2,1-4H3,(H,26,32)/t23-/m1/s1. The van der Waals surface area contributed by atoms with Crippen molar-refractivity contribution in [3.63, 3.8) is 0 Å². The molecular formula is C25H31N5O3. The van der Waals surface area contributed by atoms with Crippen LogP contribution >= 0.6 is 0 Å². The van der Waals surface area contributed by atoms with Gasteiger partial charge in [-0.1, -0.05) is 36.4 Å². The second kappa shape index (κ2) is 9.21. The number of carbonyl (C=O) groups excluding carboxylic acids is 2. The number of amides is 2. The van der Waals surface area contributed by atoms with Crippen molar-refractivity contribution in [2.24, 2.45) is 0 Å². The Bertz CT molecular complexity index is 1130. The SMILES string of the molecule is CCC(C)(C)NC(=O)[C@@H](c1ccc(OC)cc1)N(C(=O)Cn1nnc2ccccc21)C1CC1. The molecule has 1 heterocycles. The Morgan fingerprint density at radius 1 is 1.18 bits per heavy atom. The number of rotatable bonds is 9. The van der Waals surface area contributed by atoms with Gasteiger partial charge in [0, 0.05) is 11.6 Å². The fourth-order valence-electron chi connectivity index (χ4n) is 3.87. The molecule has 0 spiro atoms. The summed E-state index contributed by atoms with van der Waals surface area (Å²) in [7, 11) is 1.60. The fraction of sp³-hybridized carbons (Fsp3) is 0.440. The average Bonchev–Trinajstić information content (AvgIpc) is 3.57. The van der Waals surface area contributed by atoms with Gasteiger partial charge in [-0.05, 0) is 62.9 Å². The molecule has 4 rings (SSSR count). The van der Waals surface area contributed by atoms with E-state index >= 15 is 0 Å². The smallest absolute Gasteiger partial charge is 0.247 e. The second-order valence-corrected chi connectivity index (χ2v) is 9.17. The lowest BCUT2D eigenvalue weighted by Crippen LogP contribution is -2.51. The summed E-state index contributed by atoms with van der Waals surface area (Å²) in [5.41, 5.74) is 1.89. The molecule has 0 aliphatic heterocycles. The van der Waals surface area contributed by atoms with Gasteiger partial charge >= 0.3 is 0 Å². The minimum Gasteiger partial charge on any atom is -0.497 e. The van der Waals surface area contributed by atoms with E-state index in [1.165, 1.54) is 0 Å². The molecule has 1 saturated carbocycles. The lowest BCUT2D eigenvalue weighted by Gasteiger charge is -2.34. The summed E-state index contributed by atoms with van der Waals surface area (Å²) in [5, 5.41) is 11.5. The van der Waals surface area contributed by atoms with Gasteiger partial charge in [-0.15, -0.1) is 5.10 Å². The molecule has 1 aliphatic carbocycles. The number of ether oxygens (including phenoxy) is 1. The average molecular weight is 450 g/mol. The van der Waals surface area contributed by atoms with Crippen LogP contribution in [-0.2, 0) is 16.1 Å². The number of aromatic nitrogens is 3. The molecule has 0 unspecified atom stereocenters. The van der Waals surface area contributed by atoms with Gasteiger partial charge < -0.3 is 15.0 Å². The maximum absolute atomic E-state index is 13.6. The van der Waals surface area contributed by atoms with Gasteiger partial charge in [-0.3, -0.25) is 9.59 Å². The maximum atomic E-state index is 13.6. The zero-order valence-electron chi connectivity index (χ0n) is 19.6. The summed E-state index contributed by atoms with van der Waals surface area (Å²) < 4.78 is 6.89. The highest BCUT2D eigenvalue weighted by atomic mass is 16.5. The first-order valence-electron chi connectivity index (χ1n) is 11.4. The number of para-hydroxylation sites is 1. The number of methoxy groups -OCH3 is 1. The molecule has 2 aromatic carbocycles. The quantitative estimate of drug-likeness (QED) is 0.540. The Morgan fingerprint density at radius 3 is 2.52 bits per heavy atom. The molecule has 1 aliphatic rings. The van der Waals surface area contributed by atoms with Gasteiger partial charge in [0.2, 0.25) is 11.8 Å². The topological polar surface area (TPSA) is 89.4 Å². The predicted molar refractivity (Wildman–Crippen MR) is 126 cm³/mol. The van der Waals surface area contributed by atoms with E-state index in [4.69, 9.17) is 4.74 Å². The van der Waals surface area contributed by atoms with Gasteiger partial charge in [0.05, 0.1) is 12.6 Å². The highest BCUT2D eigenvalue weighted by Crippen LogP contribution is 2.36. The fourth-order valence-corrected chi connectivity index (χ4v) is 3.87. The van der Waals surface area contributed by atoms with Crippen molar-refractivity contribution in [3.8, 4) is 5.75 Å². The summed E-state index contributed by atoms with van der Waals surface area (Å²) in [5.74, 6) is 0.360. The normalized spacial score (nSPS) is 14.7. The van der Waals surface area contributed by atoms with E-state index in [2.05, 4.69) is 15.6 Å². The minimum absolute atomic E-state index is 0.0219. The molecule has 1 fully saturated rings. The monoisotopic (exact) mass is 449 g/mol. The molecule has 3 aromatic rings. The van der Waals surface area contributed by atoms with Gasteiger partial charge in [-0.25, -0.2) is 4.68 Å².